The fourth-order valence-electron chi connectivity index (χ4n) is 3.70. The molecule has 5 heteroatoms. The van der Waals surface area contributed by atoms with Crippen molar-refractivity contribution < 1.29 is 14.6 Å². The third kappa shape index (κ3) is 5.12. The van der Waals surface area contributed by atoms with Crippen molar-refractivity contribution >= 4 is 17.1 Å². The molecule has 0 bridgehead atoms. The summed E-state index contributed by atoms with van der Waals surface area (Å²) < 4.78 is 7.60. The Morgan fingerprint density at radius 3 is 2.26 bits per heavy atom. The lowest BCUT2D eigenvalue weighted by molar-refractivity contribution is -0.122. The summed E-state index contributed by atoms with van der Waals surface area (Å²) >= 11 is 0. The number of hydrogen-bond donors (Lipinski definition) is 1. The summed E-state index contributed by atoms with van der Waals surface area (Å²) in [6.07, 6.45) is 1.63. The van der Waals surface area contributed by atoms with Gasteiger partial charge in [0.15, 0.2) is 12.4 Å². The molecule has 1 unspecified atom stereocenters. The molecule has 3 rings (SSSR count). The number of carbonyl (C=O) groups excluding carboxylic acids is 1. The lowest BCUT2D eigenvalue weighted by Gasteiger charge is -2.24. The molecule has 1 aromatic heterocycles. The van der Waals surface area contributed by atoms with Crippen LogP contribution in [-0.4, -0.2) is 29.2 Å². The van der Waals surface area contributed by atoms with Crippen LogP contribution in [0.25, 0.3) is 21.9 Å². The zero-order chi connectivity index (χ0) is 23.1. The minimum atomic E-state index is -0.812. The maximum Gasteiger partial charge on any atom is 0.258 e. The topological polar surface area (TPSA) is 68.5 Å². The normalized spacial score (nSPS) is 12.7. The molecule has 0 saturated carbocycles. The van der Waals surface area contributed by atoms with Gasteiger partial charge in [-0.25, -0.2) is 0 Å². The predicted molar refractivity (Wildman–Crippen MR) is 127 cm³/mol. The lowest BCUT2D eigenvalue weighted by Crippen LogP contribution is -2.27. The van der Waals surface area contributed by atoms with E-state index in [4.69, 9.17) is 9.84 Å². The number of aliphatic hydroxyl groups is 1. The molecule has 1 N–H and O–H groups in total. The van der Waals surface area contributed by atoms with Crippen molar-refractivity contribution in [1.29, 1.82) is 0 Å². The smallest absolute Gasteiger partial charge is 0.258 e. The van der Waals surface area contributed by atoms with Crippen molar-refractivity contribution in [3.8, 4) is 11.1 Å². The highest BCUT2D eigenvalue weighted by molar-refractivity contribution is 5.98. The van der Waals surface area contributed by atoms with E-state index in [1.807, 2.05) is 39.0 Å². The third-order valence-electron chi connectivity index (χ3n) is 5.59. The van der Waals surface area contributed by atoms with E-state index in [2.05, 4.69) is 31.2 Å². The number of nitrogens with zero attached hydrogens (tertiary/aromatic N) is 1. The molecule has 0 amide bonds. The van der Waals surface area contributed by atoms with Crippen molar-refractivity contribution in [1.82, 2.24) is 4.57 Å². The first-order valence-corrected chi connectivity index (χ1v) is 10.7. The largest absolute Gasteiger partial charge is 0.400 e. The minimum absolute atomic E-state index is 0.0937. The molecule has 0 aliphatic heterocycles. The number of aromatic nitrogens is 1. The summed E-state index contributed by atoms with van der Waals surface area (Å²) in [5.41, 5.74) is 4.64. The molecule has 2 aromatic carbocycles. The molecular formula is C26H33NO4. The van der Waals surface area contributed by atoms with E-state index in [9.17, 15) is 9.59 Å². The predicted octanol–water partition coefficient (Wildman–Crippen LogP) is 4.74. The molecule has 5 nitrogen and oxygen atoms in total. The highest BCUT2D eigenvalue weighted by Gasteiger charge is 2.25. The van der Waals surface area contributed by atoms with Crippen LogP contribution >= 0.6 is 0 Å². The Labute approximate surface area is 184 Å². The zero-order valence-corrected chi connectivity index (χ0v) is 19.3. The number of rotatable bonds is 7. The third-order valence-corrected chi connectivity index (χ3v) is 5.59. The minimum Gasteiger partial charge on any atom is -0.400 e. The molecule has 0 saturated heterocycles. The van der Waals surface area contributed by atoms with Gasteiger partial charge in [0.25, 0.3) is 5.56 Å². The molecular weight excluding hydrogens is 390 g/mol. The molecule has 3 aromatic rings. The average molecular weight is 424 g/mol. The van der Waals surface area contributed by atoms with Crippen molar-refractivity contribution in [3.63, 3.8) is 0 Å². The standard InChI is InChI=1S/C25H29NO3.CH4O/c1-6-17(4)29-22(15-27)24-23(19-11-9-18(7-2)10-12-19)21-14-16(3)8-13-20(21)25(28)26(24)5;1-2/h8-15,17,22H,6-7H2,1-5H3;2H,1H3/t17-,22?;/m1./s1. The Morgan fingerprint density at radius 2 is 1.71 bits per heavy atom. The second-order valence-corrected chi connectivity index (χ2v) is 7.64. The second kappa shape index (κ2) is 11.0. The number of benzene rings is 2. The first-order valence-electron chi connectivity index (χ1n) is 10.7. The van der Waals surface area contributed by atoms with Crippen LogP contribution in [-0.2, 0) is 23.0 Å². The number of hydrogen-bond acceptors (Lipinski definition) is 4. The van der Waals surface area contributed by atoms with Crippen LogP contribution in [0.3, 0.4) is 0 Å². The van der Waals surface area contributed by atoms with E-state index in [0.717, 1.165) is 48.3 Å². The van der Waals surface area contributed by atoms with Gasteiger partial charge in [0.05, 0.1) is 11.8 Å². The Kier molecular flexibility index (Phi) is 8.72. The molecule has 0 aliphatic rings. The van der Waals surface area contributed by atoms with Gasteiger partial charge in [-0.05, 0) is 49.3 Å². The van der Waals surface area contributed by atoms with Crippen molar-refractivity contribution in [2.45, 2.75) is 52.7 Å². The van der Waals surface area contributed by atoms with E-state index in [1.54, 1.807) is 11.6 Å². The van der Waals surface area contributed by atoms with Gasteiger partial charge in [-0.3, -0.25) is 4.79 Å². The quantitative estimate of drug-likeness (QED) is 0.557. The second-order valence-electron chi connectivity index (χ2n) is 7.64. The highest BCUT2D eigenvalue weighted by atomic mass is 16.5. The summed E-state index contributed by atoms with van der Waals surface area (Å²) in [5, 5.41) is 8.50. The van der Waals surface area contributed by atoms with Crippen LogP contribution in [0.1, 0.15) is 50.1 Å². The number of pyridine rings is 1. The maximum absolute atomic E-state index is 13.1. The van der Waals surface area contributed by atoms with Crippen molar-refractivity contribution in [2.24, 2.45) is 7.05 Å². The van der Waals surface area contributed by atoms with E-state index >= 15 is 0 Å². The van der Waals surface area contributed by atoms with Crippen molar-refractivity contribution in [3.05, 3.63) is 69.6 Å². The summed E-state index contributed by atoms with van der Waals surface area (Å²) in [4.78, 5) is 25.2. The maximum atomic E-state index is 13.1. The van der Waals surface area contributed by atoms with Crippen LogP contribution in [0.5, 0.6) is 0 Å². The Hall–Kier alpha value is -2.76. The molecule has 166 valence electrons. The summed E-state index contributed by atoms with van der Waals surface area (Å²) in [7, 11) is 2.72. The molecule has 0 spiro atoms. The van der Waals surface area contributed by atoms with Crippen LogP contribution in [0.15, 0.2) is 47.3 Å². The fourth-order valence-corrected chi connectivity index (χ4v) is 3.70. The van der Waals surface area contributed by atoms with Gasteiger partial charge in [0, 0.05) is 25.1 Å². The first-order chi connectivity index (χ1) is 14.9. The van der Waals surface area contributed by atoms with Gasteiger partial charge in [-0.2, -0.15) is 0 Å². The fraction of sp³-hybridized carbons (Fsp3) is 0.385. The molecule has 31 heavy (non-hydrogen) atoms. The number of aldehydes is 1. The summed E-state index contributed by atoms with van der Waals surface area (Å²) in [5.74, 6) is 0. The highest BCUT2D eigenvalue weighted by Crippen LogP contribution is 2.35. The van der Waals surface area contributed by atoms with Gasteiger partial charge in [-0.1, -0.05) is 55.8 Å². The van der Waals surface area contributed by atoms with E-state index in [1.165, 1.54) is 5.56 Å². The van der Waals surface area contributed by atoms with Crippen LogP contribution in [0.2, 0.25) is 0 Å². The summed E-state index contributed by atoms with van der Waals surface area (Å²) in [6, 6.07) is 14.2. The lowest BCUT2D eigenvalue weighted by atomic mass is 9.93. The SMILES string of the molecule is CCc1ccc(-c2c(C(C=O)O[C@H](C)CC)n(C)c(=O)c3ccc(C)cc23)cc1.CO. The number of ether oxygens (including phenoxy) is 1. The van der Waals surface area contributed by atoms with Gasteiger partial charge >= 0.3 is 0 Å². The van der Waals surface area contributed by atoms with E-state index < -0.39 is 6.10 Å². The Morgan fingerprint density at radius 1 is 1.06 bits per heavy atom. The number of carbonyl (C=O) groups is 1. The molecule has 0 aliphatic carbocycles. The Bertz CT molecular complexity index is 1080. The first kappa shape index (κ1) is 24.5. The molecule has 0 radical (unpaired) electrons. The molecule has 1 heterocycles. The van der Waals surface area contributed by atoms with E-state index in [0.29, 0.717) is 11.1 Å². The van der Waals surface area contributed by atoms with Gasteiger partial charge in [0.1, 0.15) is 0 Å². The van der Waals surface area contributed by atoms with Crippen LogP contribution < -0.4 is 5.56 Å². The summed E-state index contributed by atoms with van der Waals surface area (Å²) in [6.45, 7) is 8.08. The van der Waals surface area contributed by atoms with Gasteiger partial charge < -0.3 is 19.2 Å². The zero-order valence-electron chi connectivity index (χ0n) is 19.3. The average Bonchev–Trinajstić information content (AvgIpc) is 2.81. The number of fused-ring (bicyclic) bond motifs is 1. The molecule has 0 fully saturated rings. The number of aliphatic hydroxyl groups excluding tert-OH is 1. The van der Waals surface area contributed by atoms with Gasteiger partial charge in [0.2, 0.25) is 0 Å². The van der Waals surface area contributed by atoms with Crippen LogP contribution in [0, 0.1) is 6.92 Å². The number of aryl methyl sites for hydroxylation is 2. The Balaban J connectivity index is 0.00000166. The van der Waals surface area contributed by atoms with E-state index in [-0.39, 0.29) is 11.7 Å². The van der Waals surface area contributed by atoms with Gasteiger partial charge in [-0.15, -0.1) is 0 Å². The van der Waals surface area contributed by atoms with Crippen LogP contribution in [0.4, 0.5) is 0 Å². The van der Waals surface area contributed by atoms with Crippen molar-refractivity contribution in [2.75, 3.05) is 7.11 Å². The monoisotopic (exact) mass is 423 g/mol. The molecule has 2 atom stereocenters.